The second-order valence-electron chi connectivity index (χ2n) is 6.68. The molecule has 7 heteroatoms. The minimum atomic E-state index is -0.442. The number of aryl methyl sites for hydroxylation is 1. The van der Waals surface area contributed by atoms with Crippen molar-refractivity contribution in [3.05, 3.63) is 68.2 Å². The van der Waals surface area contributed by atoms with Crippen molar-refractivity contribution in [1.29, 1.82) is 0 Å². The van der Waals surface area contributed by atoms with Crippen LogP contribution in [0.2, 0.25) is 5.02 Å². The number of non-ortho nitro benzene ring substituents is 1. The quantitative estimate of drug-likeness (QED) is 0.594. The van der Waals surface area contributed by atoms with Crippen LogP contribution in [0.25, 0.3) is 0 Å². The molecular weight excluding hydrogens is 354 g/mol. The van der Waals surface area contributed by atoms with Crippen LogP contribution in [0.15, 0.2) is 36.4 Å². The van der Waals surface area contributed by atoms with Crippen molar-refractivity contribution in [2.75, 3.05) is 18.4 Å². The Bertz CT molecular complexity index is 789. The van der Waals surface area contributed by atoms with Gasteiger partial charge in [-0.2, -0.15) is 0 Å². The molecule has 2 aromatic rings. The summed E-state index contributed by atoms with van der Waals surface area (Å²) in [5, 5.41) is 24.3. The van der Waals surface area contributed by atoms with Crippen molar-refractivity contribution in [2.24, 2.45) is 0 Å². The molecule has 1 atom stereocenters. The van der Waals surface area contributed by atoms with Crippen LogP contribution in [0.5, 0.6) is 0 Å². The van der Waals surface area contributed by atoms with Crippen molar-refractivity contribution in [1.82, 2.24) is 4.90 Å². The Hall–Kier alpha value is -2.15. The fraction of sp³-hybridized carbons (Fsp3) is 0.368. The van der Waals surface area contributed by atoms with E-state index < -0.39 is 4.92 Å². The molecule has 6 nitrogen and oxygen atoms in total. The van der Waals surface area contributed by atoms with Gasteiger partial charge in [0.15, 0.2) is 0 Å². The number of rotatable bonds is 6. The van der Waals surface area contributed by atoms with Gasteiger partial charge in [-0.25, -0.2) is 0 Å². The molecular formula is C19H22ClN3O3. The summed E-state index contributed by atoms with van der Waals surface area (Å²) in [6.45, 7) is 4.77. The summed E-state index contributed by atoms with van der Waals surface area (Å²) in [7, 11) is 0. The van der Waals surface area contributed by atoms with E-state index in [2.05, 4.69) is 22.3 Å². The van der Waals surface area contributed by atoms with Gasteiger partial charge in [0, 0.05) is 38.3 Å². The van der Waals surface area contributed by atoms with Gasteiger partial charge in [-0.3, -0.25) is 15.0 Å². The number of halogens is 1. The number of nitrogens with one attached hydrogen (secondary N) is 1. The first-order valence-electron chi connectivity index (χ1n) is 8.59. The zero-order chi connectivity index (χ0) is 18.7. The zero-order valence-corrected chi connectivity index (χ0v) is 15.4. The van der Waals surface area contributed by atoms with Crippen molar-refractivity contribution in [3.8, 4) is 0 Å². The Morgan fingerprint density at radius 2 is 2.08 bits per heavy atom. The number of hydrogen-bond acceptors (Lipinski definition) is 5. The summed E-state index contributed by atoms with van der Waals surface area (Å²) in [5.41, 5.74) is 3.78. The van der Waals surface area contributed by atoms with Crippen LogP contribution in [-0.2, 0) is 13.1 Å². The van der Waals surface area contributed by atoms with Gasteiger partial charge in [0.2, 0.25) is 0 Å². The summed E-state index contributed by atoms with van der Waals surface area (Å²) in [6, 6.07) is 11.0. The molecule has 0 aliphatic carbocycles. The average molecular weight is 376 g/mol. The lowest BCUT2D eigenvalue weighted by Gasteiger charge is -2.19. The second kappa shape index (κ2) is 8.03. The van der Waals surface area contributed by atoms with Gasteiger partial charge in [0.25, 0.3) is 5.69 Å². The smallest absolute Gasteiger partial charge is 0.271 e. The SMILES string of the molecule is Cc1cc([N+](=O)[O-])cc(Cl)c1NCc1ccccc1CN1CCC(O)C1. The van der Waals surface area contributed by atoms with Crippen LogP contribution in [-0.4, -0.2) is 34.1 Å². The van der Waals surface area contributed by atoms with Crippen LogP contribution in [0.1, 0.15) is 23.1 Å². The monoisotopic (exact) mass is 375 g/mol. The normalized spacial score (nSPS) is 17.4. The number of benzene rings is 2. The number of β-amino-alcohol motifs (C(OH)–C–C–N with tert-alkyl or cyclic N) is 1. The predicted octanol–water partition coefficient (Wildman–Crippen LogP) is 3.74. The van der Waals surface area contributed by atoms with Crippen LogP contribution in [0.3, 0.4) is 0 Å². The molecule has 1 aliphatic rings. The third-order valence-corrected chi connectivity index (χ3v) is 5.00. The number of nitro benzene ring substituents is 1. The third-order valence-electron chi connectivity index (χ3n) is 4.70. The summed E-state index contributed by atoms with van der Waals surface area (Å²) in [4.78, 5) is 12.7. The molecule has 0 bridgehead atoms. The molecule has 0 saturated carbocycles. The summed E-state index contributed by atoms with van der Waals surface area (Å²) >= 11 is 6.24. The Morgan fingerprint density at radius 3 is 2.69 bits per heavy atom. The number of nitrogens with zero attached hydrogens (tertiary/aromatic N) is 2. The van der Waals surface area contributed by atoms with Gasteiger partial charge < -0.3 is 10.4 Å². The van der Waals surface area contributed by atoms with E-state index in [1.54, 1.807) is 6.92 Å². The largest absolute Gasteiger partial charge is 0.392 e. The average Bonchev–Trinajstić information content (AvgIpc) is 3.00. The number of hydrogen-bond donors (Lipinski definition) is 2. The minimum absolute atomic E-state index is 0.00830. The molecule has 138 valence electrons. The third kappa shape index (κ3) is 4.33. The Morgan fingerprint density at radius 1 is 1.35 bits per heavy atom. The lowest BCUT2D eigenvalue weighted by atomic mass is 10.1. The molecule has 0 spiro atoms. The van der Waals surface area contributed by atoms with E-state index in [4.69, 9.17) is 11.6 Å². The molecule has 0 aromatic heterocycles. The highest BCUT2D eigenvalue weighted by atomic mass is 35.5. The fourth-order valence-corrected chi connectivity index (χ4v) is 3.65. The first kappa shape index (κ1) is 18.6. The van der Waals surface area contributed by atoms with E-state index in [1.807, 2.05) is 12.1 Å². The summed E-state index contributed by atoms with van der Waals surface area (Å²) < 4.78 is 0. The summed E-state index contributed by atoms with van der Waals surface area (Å²) in [6.07, 6.45) is 0.583. The first-order chi connectivity index (χ1) is 12.4. The zero-order valence-electron chi connectivity index (χ0n) is 14.6. The first-order valence-corrected chi connectivity index (χ1v) is 8.97. The van der Waals surface area contributed by atoms with Crippen LogP contribution < -0.4 is 5.32 Å². The molecule has 1 saturated heterocycles. The maximum Gasteiger partial charge on any atom is 0.271 e. The van der Waals surface area contributed by atoms with Crippen LogP contribution >= 0.6 is 11.6 Å². The highest BCUT2D eigenvalue weighted by Gasteiger charge is 2.21. The van der Waals surface area contributed by atoms with Crippen molar-refractivity contribution >= 4 is 23.0 Å². The van der Waals surface area contributed by atoms with Crippen molar-refractivity contribution in [3.63, 3.8) is 0 Å². The maximum atomic E-state index is 10.9. The molecule has 0 radical (unpaired) electrons. The molecule has 1 unspecified atom stereocenters. The van der Waals surface area contributed by atoms with Gasteiger partial charge in [-0.05, 0) is 30.0 Å². The van der Waals surface area contributed by atoms with Gasteiger partial charge in [-0.1, -0.05) is 35.9 Å². The van der Waals surface area contributed by atoms with Gasteiger partial charge in [0.05, 0.1) is 21.7 Å². The maximum absolute atomic E-state index is 10.9. The Balaban J connectivity index is 1.73. The topological polar surface area (TPSA) is 78.6 Å². The van der Waals surface area contributed by atoms with E-state index >= 15 is 0 Å². The number of aliphatic hydroxyl groups is 1. The number of aliphatic hydroxyl groups excluding tert-OH is 1. The van der Waals surface area contributed by atoms with Gasteiger partial charge in [-0.15, -0.1) is 0 Å². The molecule has 1 aliphatic heterocycles. The summed E-state index contributed by atoms with van der Waals surface area (Å²) in [5.74, 6) is 0. The molecule has 3 rings (SSSR count). The van der Waals surface area contributed by atoms with Crippen molar-refractivity contribution < 1.29 is 10.0 Å². The van der Waals surface area contributed by atoms with Gasteiger partial charge >= 0.3 is 0 Å². The lowest BCUT2D eigenvalue weighted by molar-refractivity contribution is -0.384. The standard InChI is InChI=1S/C19H22ClN3O3/c1-13-8-16(23(25)26)9-18(20)19(13)21-10-14-4-2-3-5-15(14)11-22-7-6-17(24)12-22/h2-5,8-9,17,21,24H,6-7,10-12H2,1H3. The molecule has 2 N–H and O–H groups in total. The lowest BCUT2D eigenvalue weighted by Crippen LogP contribution is -2.22. The molecule has 0 amide bonds. The highest BCUT2D eigenvalue weighted by molar-refractivity contribution is 6.33. The van der Waals surface area contributed by atoms with Gasteiger partial charge in [0.1, 0.15) is 0 Å². The molecule has 1 heterocycles. The van der Waals surface area contributed by atoms with E-state index in [1.165, 1.54) is 17.7 Å². The minimum Gasteiger partial charge on any atom is -0.392 e. The molecule has 2 aromatic carbocycles. The second-order valence-corrected chi connectivity index (χ2v) is 7.08. The Labute approximate surface area is 157 Å². The van der Waals surface area contributed by atoms with Crippen LogP contribution in [0, 0.1) is 17.0 Å². The highest BCUT2D eigenvalue weighted by Crippen LogP contribution is 2.31. The Kier molecular flexibility index (Phi) is 5.76. The molecule has 1 fully saturated rings. The number of anilines is 1. The van der Waals surface area contributed by atoms with Crippen molar-refractivity contribution in [2.45, 2.75) is 32.5 Å². The van der Waals surface area contributed by atoms with E-state index in [-0.39, 0.29) is 11.8 Å². The fourth-order valence-electron chi connectivity index (χ4n) is 3.32. The predicted molar refractivity (Wildman–Crippen MR) is 103 cm³/mol. The van der Waals surface area contributed by atoms with E-state index in [9.17, 15) is 15.2 Å². The number of likely N-dealkylation sites (tertiary alicyclic amines) is 1. The van der Waals surface area contributed by atoms with E-state index in [0.717, 1.165) is 30.6 Å². The number of nitro groups is 1. The van der Waals surface area contributed by atoms with Crippen LogP contribution in [0.4, 0.5) is 11.4 Å². The van der Waals surface area contributed by atoms with E-state index in [0.29, 0.717) is 23.8 Å². The molecule has 26 heavy (non-hydrogen) atoms.